The third-order valence-corrected chi connectivity index (χ3v) is 3.37. The maximum Gasteiger partial charge on any atom is 0.316 e. The minimum absolute atomic E-state index is 0.292. The summed E-state index contributed by atoms with van der Waals surface area (Å²) in [5, 5.41) is 1.11. The Morgan fingerprint density at radius 2 is 2.11 bits per heavy atom. The summed E-state index contributed by atoms with van der Waals surface area (Å²) in [5.41, 5.74) is 0.557. The minimum Gasteiger partial charge on any atom is -0.424 e. The normalized spacial score (nSPS) is 11.8. The Kier molecular flexibility index (Phi) is 3.67. The summed E-state index contributed by atoms with van der Waals surface area (Å²) >= 11 is 3.23. The Hall–Kier alpha value is -1.36. The number of carbonyl (C=O) groups is 1. The molecule has 1 aromatic carbocycles. The largest absolute Gasteiger partial charge is 0.424 e. The molecule has 0 aliphatic heterocycles. The fourth-order valence-electron chi connectivity index (χ4n) is 1.60. The summed E-state index contributed by atoms with van der Waals surface area (Å²) in [4.78, 5) is 14.8. The lowest BCUT2D eigenvalue weighted by atomic mass is 9.97. The molecule has 0 unspecified atom stereocenters. The summed E-state index contributed by atoms with van der Waals surface area (Å²) in [5.74, 6) is -0.185. The van der Waals surface area contributed by atoms with E-state index in [0.29, 0.717) is 27.5 Å². The van der Waals surface area contributed by atoms with Gasteiger partial charge in [-0.25, -0.2) is 4.39 Å². The van der Waals surface area contributed by atoms with E-state index in [-0.39, 0.29) is 11.8 Å². The van der Waals surface area contributed by atoms with Crippen LogP contribution in [0.15, 0.2) is 18.3 Å². The van der Waals surface area contributed by atoms with Gasteiger partial charge in [-0.05, 0) is 38.5 Å². The van der Waals surface area contributed by atoms with E-state index in [1.54, 1.807) is 33.0 Å². The maximum absolute atomic E-state index is 13.6. The summed E-state index contributed by atoms with van der Waals surface area (Å²) < 4.78 is 19.0. The van der Waals surface area contributed by atoms with Crippen LogP contribution in [-0.2, 0) is 10.1 Å². The first kappa shape index (κ1) is 14.1. The number of alkyl halides is 1. The SMILES string of the molecule is CC(C)(C)C(=O)Oc1c[nH]c2cc(F)c(CBr)cc12. The molecule has 1 heterocycles. The van der Waals surface area contributed by atoms with Gasteiger partial charge in [0.25, 0.3) is 0 Å². The zero-order chi connectivity index (χ0) is 14.2. The lowest BCUT2D eigenvalue weighted by molar-refractivity contribution is -0.142. The monoisotopic (exact) mass is 327 g/mol. The highest BCUT2D eigenvalue weighted by molar-refractivity contribution is 9.08. The van der Waals surface area contributed by atoms with Crippen molar-refractivity contribution in [3.05, 3.63) is 29.7 Å². The van der Waals surface area contributed by atoms with Crippen molar-refractivity contribution in [3.63, 3.8) is 0 Å². The van der Waals surface area contributed by atoms with Crippen molar-refractivity contribution in [1.29, 1.82) is 0 Å². The molecule has 0 amide bonds. The lowest BCUT2D eigenvalue weighted by Crippen LogP contribution is -2.25. The molecule has 3 nitrogen and oxygen atoms in total. The number of benzene rings is 1. The second kappa shape index (κ2) is 4.96. The topological polar surface area (TPSA) is 42.1 Å². The Morgan fingerprint density at radius 3 is 2.68 bits per heavy atom. The van der Waals surface area contributed by atoms with Gasteiger partial charge in [0.15, 0.2) is 5.75 Å². The zero-order valence-electron chi connectivity index (χ0n) is 11.0. The van der Waals surface area contributed by atoms with Gasteiger partial charge in [0.2, 0.25) is 0 Å². The minimum atomic E-state index is -0.581. The van der Waals surface area contributed by atoms with Gasteiger partial charge in [-0.2, -0.15) is 0 Å². The van der Waals surface area contributed by atoms with E-state index in [1.807, 2.05) is 0 Å². The predicted octanol–water partition coefficient (Wildman–Crippen LogP) is 4.15. The summed E-state index contributed by atoms with van der Waals surface area (Å²) in [7, 11) is 0. The Morgan fingerprint density at radius 1 is 1.42 bits per heavy atom. The average molecular weight is 328 g/mol. The van der Waals surface area contributed by atoms with E-state index in [2.05, 4.69) is 20.9 Å². The lowest BCUT2D eigenvalue weighted by Gasteiger charge is -2.15. The number of hydrogen-bond donors (Lipinski definition) is 1. The van der Waals surface area contributed by atoms with Gasteiger partial charge in [0.05, 0.1) is 10.9 Å². The third kappa shape index (κ3) is 2.81. The summed E-state index contributed by atoms with van der Waals surface area (Å²) in [6, 6.07) is 3.08. The second-order valence-electron chi connectivity index (χ2n) is 5.42. The van der Waals surface area contributed by atoms with Gasteiger partial charge in [-0.3, -0.25) is 4.79 Å². The Bertz CT molecular complexity index is 628. The van der Waals surface area contributed by atoms with E-state index >= 15 is 0 Å². The van der Waals surface area contributed by atoms with Gasteiger partial charge in [0.1, 0.15) is 5.82 Å². The van der Waals surface area contributed by atoms with Crippen molar-refractivity contribution >= 4 is 32.8 Å². The molecule has 102 valence electrons. The Labute approximate surface area is 119 Å². The number of hydrogen-bond acceptors (Lipinski definition) is 2. The highest BCUT2D eigenvalue weighted by atomic mass is 79.9. The van der Waals surface area contributed by atoms with Crippen LogP contribution < -0.4 is 4.74 Å². The summed E-state index contributed by atoms with van der Waals surface area (Å²) in [6.07, 6.45) is 1.58. The standard InChI is InChI=1S/C14H15BrFNO2/c1-14(2,3)13(18)19-12-7-17-11-5-10(16)8(6-15)4-9(11)12/h4-5,7,17H,6H2,1-3H3. The zero-order valence-corrected chi connectivity index (χ0v) is 12.6. The van der Waals surface area contributed by atoms with E-state index in [4.69, 9.17) is 4.74 Å². The molecule has 19 heavy (non-hydrogen) atoms. The maximum atomic E-state index is 13.6. The highest BCUT2D eigenvalue weighted by Crippen LogP contribution is 2.30. The molecule has 0 bridgehead atoms. The van der Waals surface area contributed by atoms with Crippen LogP contribution >= 0.6 is 15.9 Å². The molecule has 1 aromatic heterocycles. The van der Waals surface area contributed by atoms with Gasteiger partial charge < -0.3 is 9.72 Å². The number of aromatic nitrogens is 1. The van der Waals surface area contributed by atoms with Crippen molar-refractivity contribution in [2.75, 3.05) is 0 Å². The number of halogens is 2. The van der Waals surface area contributed by atoms with E-state index in [9.17, 15) is 9.18 Å². The number of aromatic amines is 1. The molecule has 0 saturated heterocycles. The number of fused-ring (bicyclic) bond motifs is 1. The van der Waals surface area contributed by atoms with Crippen LogP contribution in [0.3, 0.4) is 0 Å². The number of ether oxygens (including phenoxy) is 1. The molecule has 2 aromatic rings. The quantitative estimate of drug-likeness (QED) is 0.665. The van der Waals surface area contributed by atoms with Gasteiger partial charge in [0, 0.05) is 16.9 Å². The van der Waals surface area contributed by atoms with Crippen LogP contribution in [0, 0.1) is 11.2 Å². The first-order chi connectivity index (χ1) is 8.82. The fraction of sp³-hybridized carbons (Fsp3) is 0.357. The molecule has 0 atom stereocenters. The van der Waals surface area contributed by atoms with Crippen molar-refractivity contribution < 1.29 is 13.9 Å². The van der Waals surface area contributed by atoms with Crippen LogP contribution in [0.1, 0.15) is 26.3 Å². The average Bonchev–Trinajstić information content (AvgIpc) is 2.69. The van der Waals surface area contributed by atoms with Crippen LogP contribution in [0.5, 0.6) is 5.75 Å². The first-order valence-electron chi connectivity index (χ1n) is 5.90. The fourth-order valence-corrected chi connectivity index (χ4v) is 2.03. The molecular weight excluding hydrogens is 313 g/mol. The molecule has 1 N–H and O–H groups in total. The Balaban J connectivity index is 2.42. The smallest absolute Gasteiger partial charge is 0.316 e. The summed E-state index contributed by atoms with van der Waals surface area (Å²) in [6.45, 7) is 5.36. The van der Waals surface area contributed by atoms with Gasteiger partial charge >= 0.3 is 5.97 Å². The number of carbonyl (C=O) groups excluding carboxylic acids is 1. The second-order valence-corrected chi connectivity index (χ2v) is 5.98. The molecule has 0 saturated carbocycles. The van der Waals surface area contributed by atoms with Crippen LogP contribution in [0.2, 0.25) is 0 Å². The van der Waals surface area contributed by atoms with Crippen LogP contribution in [0.25, 0.3) is 10.9 Å². The highest BCUT2D eigenvalue weighted by Gasteiger charge is 2.24. The van der Waals surface area contributed by atoms with Crippen molar-refractivity contribution in [2.45, 2.75) is 26.1 Å². The number of esters is 1. The molecule has 0 spiro atoms. The number of nitrogens with one attached hydrogen (secondary N) is 1. The van der Waals surface area contributed by atoms with Crippen molar-refractivity contribution in [3.8, 4) is 5.75 Å². The van der Waals surface area contributed by atoms with E-state index in [0.717, 1.165) is 0 Å². The van der Waals surface area contributed by atoms with E-state index < -0.39 is 5.41 Å². The molecule has 2 rings (SSSR count). The van der Waals surface area contributed by atoms with Crippen molar-refractivity contribution in [2.24, 2.45) is 5.41 Å². The molecule has 0 aliphatic rings. The van der Waals surface area contributed by atoms with Crippen molar-refractivity contribution in [1.82, 2.24) is 4.98 Å². The van der Waals surface area contributed by atoms with Crippen LogP contribution in [-0.4, -0.2) is 11.0 Å². The van der Waals surface area contributed by atoms with Gasteiger partial charge in [-0.1, -0.05) is 15.9 Å². The molecule has 0 aliphatic carbocycles. The number of H-pyrrole nitrogens is 1. The molecular formula is C14H15BrFNO2. The van der Waals surface area contributed by atoms with E-state index in [1.165, 1.54) is 6.07 Å². The van der Waals surface area contributed by atoms with Crippen LogP contribution in [0.4, 0.5) is 4.39 Å². The van der Waals surface area contributed by atoms with Gasteiger partial charge in [-0.15, -0.1) is 0 Å². The molecule has 0 fully saturated rings. The first-order valence-corrected chi connectivity index (χ1v) is 7.03. The molecule has 5 heteroatoms. The predicted molar refractivity (Wildman–Crippen MR) is 76.0 cm³/mol. The number of rotatable bonds is 2. The molecule has 0 radical (unpaired) electrons. The third-order valence-electron chi connectivity index (χ3n) is 2.77.